The van der Waals surface area contributed by atoms with Crippen molar-refractivity contribution in [3.8, 4) is 39.5 Å². The van der Waals surface area contributed by atoms with E-state index in [9.17, 15) is 0 Å². The van der Waals surface area contributed by atoms with Gasteiger partial charge in [0.1, 0.15) is 0 Å². The maximum Gasteiger partial charge on any atom is 0.235 e. The zero-order valence-electron chi connectivity index (χ0n) is 29.1. The molecule has 0 amide bonds. The lowest BCUT2D eigenvalue weighted by molar-refractivity contribution is 1.02. The predicted molar refractivity (Wildman–Crippen MR) is 225 cm³/mol. The third-order valence-electron chi connectivity index (χ3n) is 11.3. The van der Waals surface area contributed by atoms with E-state index in [1.54, 1.807) is 0 Å². The number of aromatic nitrogens is 4. The smallest absolute Gasteiger partial charge is 0.235 e. The fourth-order valence-electron chi connectivity index (χ4n) is 8.86. The van der Waals surface area contributed by atoms with Gasteiger partial charge in [0, 0.05) is 43.3 Å². The molecule has 0 aliphatic carbocycles. The van der Waals surface area contributed by atoms with E-state index in [1.807, 2.05) is 0 Å². The molecule has 0 radical (unpaired) electrons. The summed E-state index contributed by atoms with van der Waals surface area (Å²) in [4.78, 5) is 10.8. The van der Waals surface area contributed by atoms with E-state index in [4.69, 9.17) is 9.97 Å². The van der Waals surface area contributed by atoms with Crippen molar-refractivity contribution < 1.29 is 0 Å². The average molecular weight is 687 g/mol. The minimum Gasteiger partial charge on any atom is -0.308 e. The zero-order chi connectivity index (χ0) is 35.3. The van der Waals surface area contributed by atoms with E-state index >= 15 is 0 Å². The lowest BCUT2D eigenvalue weighted by atomic mass is 10.0. The molecule has 0 spiro atoms. The molecule has 4 heterocycles. The first-order chi connectivity index (χ1) is 26.8. The first kappa shape index (κ1) is 29.3. The van der Waals surface area contributed by atoms with Crippen LogP contribution in [0.4, 0.5) is 0 Å². The van der Waals surface area contributed by atoms with Gasteiger partial charge in [-0.15, -0.1) is 0 Å². The third kappa shape index (κ3) is 4.08. The lowest BCUT2D eigenvalue weighted by Gasteiger charge is -2.13. The van der Waals surface area contributed by atoms with Gasteiger partial charge in [-0.2, -0.15) is 0 Å². The molecule has 12 aromatic rings. The summed E-state index contributed by atoms with van der Waals surface area (Å²) in [6.07, 6.45) is 0. The largest absolute Gasteiger partial charge is 0.308 e. The molecule has 54 heavy (non-hydrogen) atoms. The predicted octanol–water partition coefficient (Wildman–Crippen LogP) is 12.9. The molecule has 4 heteroatoms. The van der Waals surface area contributed by atoms with Crippen LogP contribution < -0.4 is 0 Å². The molecule has 0 atom stereocenters. The Morgan fingerprint density at radius 2 is 0.889 bits per heavy atom. The molecule has 0 aliphatic rings. The van der Waals surface area contributed by atoms with Crippen LogP contribution in [0.2, 0.25) is 0 Å². The van der Waals surface area contributed by atoms with E-state index in [0.29, 0.717) is 5.95 Å². The van der Waals surface area contributed by atoms with Crippen molar-refractivity contribution in [3.63, 3.8) is 0 Å². The van der Waals surface area contributed by atoms with Gasteiger partial charge in [0.2, 0.25) is 5.95 Å². The van der Waals surface area contributed by atoms with Crippen molar-refractivity contribution in [3.05, 3.63) is 182 Å². The quantitative estimate of drug-likeness (QED) is 0.185. The first-order valence-corrected chi connectivity index (χ1v) is 18.4. The van der Waals surface area contributed by atoms with E-state index in [1.165, 1.54) is 71.1 Å². The Kier molecular flexibility index (Phi) is 6.02. The van der Waals surface area contributed by atoms with Gasteiger partial charge < -0.3 is 4.40 Å². The summed E-state index contributed by atoms with van der Waals surface area (Å²) >= 11 is 0. The summed E-state index contributed by atoms with van der Waals surface area (Å²) < 4.78 is 4.79. The van der Waals surface area contributed by atoms with Gasteiger partial charge >= 0.3 is 0 Å². The minimum atomic E-state index is 0.663. The van der Waals surface area contributed by atoms with Crippen molar-refractivity contribution in [1.82, 2.24) is 18.9 Å². The molecule has 0 saturated carbocycles. The van der Waals surface area contributed by atoms with Crippen molar-refractivity contribution in [2.24, 2.45) is 0 Å². The summed E-state index contributed by atoms with van der Waals surface area (Å²) in [6, 6.07) is 65.2. The van der Waals surface area contributed by atoms with Gasteiger partial charge in [-0.25, -0.2) is 9.97 Å². The Morgan fingerprint density at radius 1 is 0.333 bits per heavy atom. The molecule has 0 unspecified atom stereocenters. The number of hydrogen-bond acceptors (Lipinski definition) is 2. The zero-order valence-corrected chi connectivity index (χ0v) is 29.1. The lowest BCUT2D eigenvalue weighted by Crippen LogP contribution is -2.03. The number of benzene rings is 8. The number of hydrogen-bond donors (Lipinski definition) is 0. The summed E-state index contributed by atoms with van der Waals surface area (Å²) in [7, 11) is 0. The molecular formula is C50H30N4. The van der Waals surface area contributed by atoms with Gasteiger partial charge in [-0.3, -0.25) is 4.57 Å². The van der Waals surface area contributed by atoms with Crippen LogP contribution >= 0.6 is 0 Å². The third-order valence-corrected chi connectivity index (χ3v) is 11.3. The SMILES string of the molecule is c1ccc(-c2ccc(-c3nc(-n4c5ccccc5c5cc6c7ccc(-c8ccccc8)cc7n7c8ccccc8c(c54)c67)nc4ccccc34)cc2)cc1. The molecule has 0 saturated heterocycles. The second-order valence-corrected chi connectivity index (χ2v) is 14.2. The fourth-order valence-corrected chi connectivity index (χ4v) is 8.86. The number of para-hydroxylation sites is 3. The van der Waals surface area contributed by atoms with Gasteiger partial charge in [-0.05, 0) is 52.6 Å². The molecule has 0 bridgehead atoms. The van der Waals surface area contributed by atoms with Crippen molar-refractivity contribution in [2.45, 2.75) is 0 Å². The van der Waals surface area contributed by atoms with Crippen molar-refractivity contribution in [1.29, 1.82) is 0 Å². The fraction of sp³-hybridized carbons (Fsp3) is 0. The molecular weight excluding hydrogens is 657 g/mol. The van der Waals surface area contributed by atoms with E-state index in [0.717, 1.165) is 33.2 Å². The second-order valence-electron chi connectivity index (χ2n) is 14.2. The Hall–Kier alpha value is -7.30. The van der Waals surface area contributed by atoms with Gasteiger partial charge in [0.25, 0.3) is 0 Å². The molecule has 8 aromatic carbocycles. The first-order valence-electron chi connectivity index (χ1n) is 18.4. The van der Waals surface area contributed by atoms with Crippen molar-refractivity contribution >= 4 is 70.8 Å². The van der Waals surface area contributed by atoms with Crippen LogP contribution in [0.5, 0.6) is 0 Å². The molecule has 12 rings (SSSR count). The average Bonchev–Trinajstić information content (AvgIpc) is 3.88. The second kappa shape index (κ2) is 11.1. The molecule has 4 nitrogen and oxygen atoms in total. The molecule has 0 N–H and O–H groups in total. The highest BCUT2D eigenvalue weighted by molar-refractivity contribution is 6.34. The number of fused-ring (bicyclic) bond motifs is 11. The van der Waals surface area contributed by atoms with Gasteiger partial charge in [0.05, 0.1) is 38.8 Å². The molecule has 0 aliphatic heterocycles. The Labute approximate surface area is 310 Å². The standard InChI is InChI=1S/C50H30N4/c1-3-13-31(14-4-1)33-23-25-34(26-24-33)47-38-18-7-10-20-42(38)51-50(52-47)54-43-21-11-8-17-36(43)40-30-41-37-28-27-35(32-15-5-2-6-16-32)29-45(37)53-44-22-12-9-19-39(44)46(48(41)53)49(40)54/h1-30H. The van der Waals surface area contributed by atoms with Crippen LogP contribution in [0.25, 0.3) is 110 Å². The Morgan fingerprint density at radius 3 is 1.67 bits per heavy atom. The number of nitrogens with zero attached hydrogens (tertiary/aromatic N) is 4. The molecule has 0 fully saturated rings. The maximum absolute atomic E-state index is 5.48. The van der Waals surface area contributed by atoms with Crippen LogP contribution in [0, 0.1) is 0 Å². The van der Waals surface area contributed by atoms with Gasteiger partial charge in [0.15, 0.2) is 0 Å². The minimum absolute atomic E-state index is 0.663. The monoisotopic (exact) mass is 686 g/mol. The van der Waals surface area contributed by atoms with Crippen LogP contribution in [0.3, 0.4) is 0 Å². The van der Waals surface area contributed by atoms with Crippen LogP contribution in [-0.2, 0) is 0 Å². The molecule has 4 aromatic heterocycles. The highest BCUT2D eigenvalue weighted by Crippen LogP contribution is 2.47. The Balaban J connectivity index is 1.19. The maximum atomic E-state index is 5.48. The van der Waals surface area contributed by atoms with E-state index in [2.05, 4.69) is 191 Å². The van der Waals surface area contributed by atoms with Gasteiger partial charge in [-0.1, -0.05) is 152 Å². The highest BCUT2D eigenvalue weighted by atomic mass is 15.2. The summed E-state index contributed by atoms with van der Waals surface area (Å²) in [5.74, 6) is 0.663. The van der Waals surface area contributed by atoms with E-state index in [-0.39, 0.29) is 0 Å². The summed E-state index contributed by atoms with van der Waals surface area (Å²) in [5, 5.41) is 8.35. The van der Waals surface area contributed by atoms with Crippen LogP contribution in [0.1, 0.15) is 0 Å². The molecule has 250 valence electrons. The topological polar surface area (TPSA) is 35.1 Å². The Bertz CT molecular complexity index is 3410. The van der Waals surface area contributed by atoms with E-state index < -0.39 is 0 Å². The summed E-state index contributed by atoms with van der Waals surface area (Å²) in [6.45, 7) is 0. The number of rotatable bonds is 4. The normalized spacial score (nSPS) is 12.1. The van der Waals surface area contributed by atoms with Crippen molar-refractivity contribution in [2.75, 3.05) is 0 Å². The highest BCUT2D eigenvalue weighted by Gasteiger charge is 2.25. The van der Waals surface area contributed by atoms with Crippen LogP contribution in [0.15, 0.2) is 182 Å². The summed E-state index contributed by atoms with van der Waals surface area (Å²) in [5.41, 5.74) is 13.5. The van der Waals surface area contributed by atoms with Crippen LogP contribution in [-0.4, -0.2) is 18.9 Å².